The van der Waals surface area contributed by atoms with Crippen LogP contribution in [0.2, 0.25) is 0 Å². The highest BCUT2D eigenvalue weighted by molar-refractivity contribution is 6.30. The summed E-state index contributed by atoms with van der Waals surface area (Å²) in [5.41, 5.74) is 2.48. The van der Waals surface area contributed by atoms with E-state index >= 15 is 0 Å². The second kappa shape index (κ2) is 10.0. The fraction of sp³-hybridized carbons (Fsp3) is 0.636. The lowest BCUT2D eigenvalue weighted by Gasteiger charge is -2.33. The number of allylic oxidation sites excluding steroid dienone is 5. The Morgan fingerprint density at radius 2 is 2.15 bits per heavy atom. The van der Waals surface area contributed by atoms with Crippen molar-refractivity contribution in [1.29, 1.82) is 0 Å². The fourth-order valence-corrected chi connectivity index (χ4v) is 4.37. The minimum absolute atomic E-state index is 0.0523. The average molecular weight is 395 g/mol. The van der Waals surface area contributed by atoms with Crippen LogP contribution < -0.4 is 0 Å². The molecule has 27 heavy (non-hydrogen) atoms. The molecule has 3 aliphatic rings. The first-order chi connectivity index (χ1) is 13.1. The van der Waals surface area contributed by atoms with Crippen molar-refractivity contribution in [2.75, 3.05) is 13.2 Å². The summed E-state index contributed by atoms with van der Waals surface area (Å²) in [6.45, 7) is 2.70. The van der Waals surface area contributed by atoms with E-state index in [0.29, 0.717) is 18.8 Å². The van der Waals surface area contributed by atoms with Gasteiger partial charge in [-0.1, -0.05) is 41.5 Å². The Labute approximate surface area is 167 Å². The topological polar surface area (TPSA) is 58.9 Å². The zero-order valence-electron chi connectivity index (χ0n) is 16.0. The first-order valence-corrected chi connectivity index (χ1v) is 10.5. The normalized spacial score (nSPS) is 34.5. The second-order valence-corrected chi connectivity index (χ2v) is 8.09. The van der Waals surface area contributed by atoms with Crippen LogP contribution in [0.25, 0.3) is 0 Å². The summed E-state index contributed by atoms with van der Waals surface area (Å²) >= 11 is 6.58. The third-order valence-corrected chi connectivity index (χ3v) is 6.06. The van der Waals surface area contributed by atoms with Gasteiger partial charge < -0.3 is 19.7 Å². The van der Waals surface area contributed by atoms with Crippen molar-refractivity contribution in [3.63, 3.8) is 0 Å². The van der Waals surface area contributed by atoms with E-state index in [-0.39, 0.29) is 24.9 Å². The molecule has 0 bridgehead atoms. The molecule has 5 atom stereocenters. The molecule has 0 aromatic heterocycles. The van der Waals surface area contributed by atoms with Gasteiger partial charge in [-0.2, -0.15) is 0 Å². The van der Waals surface area contributed by atoms with Crippen molar-refractivity contribution in [3.05, 3.63) is 46.6 Å². The third-order valence-electron chi connectivity index (χ3n) is 5.62. The van der Waals surface area contributed by atoms with Crippen LogP contribution in [-0.4, -0.2) is 47.8 Å². The minimum atomic E-state index is -0.420. The van der Waals surface area contributed by atoms with Crippen LogP contribution in [0, 0.1) is 5.92 Å². The van der Waals surface area contributed by atoms with E-state index in [1.807, 2.05) is 13.0 Å². The lowest BCUT2D eigenvalue weighted by molar-refractivity contribution is -0.0984. The van der Waals surface area contributed by atoms with Gasteiger partial charge in [0.05, 0.1) is 31.0 Å². The van der Waals surface area contributed by atoms with Crippen LogP contribution in [0.15, 0.2) is 46.6 Å². The Kier molecular flexibility index (Phi) is 7.74. The molecule has 2 aliphatic carbocycles. The van der Waals surface area contributed by atoms with Crippen LogP contribution in [0.5, 0.6) is 0 Å². The second-order valence-electron chi connectivity index (χ2n) is 7.66. The molecule has 0 amide bonds. The molecule has 0 saturated carbocycles. The predicted octanol–water partition coefficient (Wildman–Crippen LogP) is 4.03. The van der Waals surface area contributed by atoms with Gasteiger partial charge in [0.25, 0.3) is 0 Å². The van der Waals surface area contributed by atoms with Gasteiger partial charge in [0, 0.05) is 24.5 Å². The first-order valence-electron chi connectivity index (χ1n) is 10.1. The van der Waals surface area contributed by atoms with Crippen LogP contribution in [0.3, 0.4) is 0 Å². The summed E-state index contributed by atoms with van der Waals surface area (Å²) in [5, 5.41) is 20.3. The molecule has 4 nitrogen and oxygen atoms in total. The van der Waals surface area contributed by atoms with Crippen molar-refractivity contribution < 1.29 is 19.7 Å². The van der Waals surface area contributed by atoms with Gasteiger partial charge in [0.1, 0.15) is 0 Å². The Morgan fingerprint density at radius 3 is 2.85 bits per heavy atom. The number of rotatable bonds is 6. The van der Waals surface area contributed by atoms with Crippen LogP contribution in [0.1, 0.15) is 45.4 Å². The highest BCUT2D eigenvalue weighted by Crippen LogP contribution is 2.36. The molecule has 2 N–H and O–H groups in total. The number of hydrogen-bond acceptors (Lipinski definition) is 4. The molecule has 5 heteroatoms. The number of halogens is 1. The summed E-state index contributed by atoms with van der Waals surface area (Å²) < 4.78 is 11.6. The van der Waals surface area contributed by atoms with Gasteiger partial charge in [-0.25, -0.2) is 0 Å². The molecule has 0 aromatic carbocycles. The smallest absolute Gasteiger partial charge is 0.0838 e. The van der Waals surface area contributed by atoms with E-state index in [1.54, 1.807) is 0 Å². The van der Waals surface area contributed by atoms with E-state index in [1.165, 1.54) is 5.57 Å². The zero-order valence-corrected chi connectivity index (χ0v) is 16.8. The largest absolute Gasteiger partial charge is 0.394 e. The fourth-order valence-electron chi connectivity index (χ4n) is 4.12. The molecule has 5 unspecified atom stereocenters. The van der Waals surface area contributed by atoms with Crippen LogP contribution in [-0.2, 0) is 9.47 Å². The third kappa shape index (κ3) is 5.78. The van der Waals surface area contributed by atoms with Gasteiger partial charge in [0.15, 0.2) is 0 Å². The minimum Gasteiger partial charge on any atom is -0.394 e. The molecule has 1 fully saturated rings. The first kappa shape index (κ1) is 20.8. The maximum atomic E-state index is 10.1. The van der Waals surface area contributed by atoms with Crippen molar-refractivity contribution >= 4 is 11.6 Å². The Bertz CT molecular complexity index is 622. The molecule has 150 valence electrons. The number of ether oxygens (including phenoxy) is 2. The van der Waals surface area contributed by atoms with Crippen LogP contribution in [0.4, 0.5) is 0 Å². The predicted molar refractivity (Wildman–Crippen MR) is 108 cm³/mol. The monoisotopic (exact) mass is 394 g/mol. The van der Waals surface area contributed by atoms with E-state index in [4.69, 9.17) is 21.1 Å². The van der Waals surface area contributed by atoms with Crippen LogP contribution >= 0.6 is 11.6 Å². The molecule has 3 rings (SSSR count). The quantitative estimate of drug-likeness (QED) is 0.714. The Hall–Kier alpha value is -0.910. The molecule has 0 spiro atoms. The van der Waals surface area contributed by atoms with Gasteiger partial charge >= 0.3 is 0 Å². The molecule has 1 heterocycles. The van der Waals surface area contributed by atoms with Crippen molar-refractivity contribution in [2.45, 2.75) is 69.9 Å². The maximum Gasteiger partial charge on any atom is 0.0838 e. The standard InChI is InChI=1S/C22H31ClO4/c1-2-26-19-8-3-15(4-9-19)11-17-6-5-16(7-10-21(17)23)22-13-18(25)12-20(14-24)27-22/h3-4,7-8,10,17-20,22,24-25H,2,5-6,9,11-14H2,1H3. The summed E-state index contributed by atoms with van der Waals surface area (Å²) in [4.78, 5) is 0. The maximum absolute atomic E-state index is 10.1. The van der Waals surface area contributed by atoms with E-state index in [2.05, 4.69) is 24.3 Å². The molecule has 0 radical (unpaired) electrons. The van der Waals surface area contributed by atoms with Gasteiger partial charge in [-0.3, -0.25) is 0 Å². The summed E-state index contributed by atoms with van der Waals surface area (Å²) in [5.74, 6) is 0.294. The Morgan fingerprint density at radius 1 is 1.30 bits per heavy atom. The Balaban J connectivity index is 1.57. The van der Waals surface area contributed by atoms with Gasteiger partial charge in [-0.05, 0) is 50.2 Å². The molecule has 1 saturated heterocycles. The van der Waals surface area contributed by atoms with Crippen molar-refractivity contribution in [3.8, 4) is 0 Å². The van der Waals surface area contributed by atoms with Crippen molar-refractivity contribution in [2.24, 2.45) is 5.92 Å². The van der Waals surface area contributed by atoms with Gasteiger partial charge in [-0.15, -0.1) is 0 Å². The van der Waals surface area contributed by atoms with E-state index in [9.17, 15) is 10.2 Å². The SMILES string of the molecule is CCOC1C=CC(CC2CCC(C3CC(O)CC(CO)O3)=CC=C2Cl)=CC1. The van der Waals surface area contributed by atoms with E-state index in [0.717, 1.165) is 42.9 Å². The summed E-state index contributed by atoms with van der Waals surface area (Å²) in [6, 6.07) is 0. The molecule has 0 aromatic rings. The van der Waals surface area contributed by atoms with Crippen molar-refractivity contribution in [1.82, 2.24) is 0 Å². The van der Waals surface area contributed by atoms with Gasteiger partial charge in [0.2, 0.25) is 0 Å². The number of aliphatic hydroxyl groups is 2. The summed E-state index contributed by atoms with van der Waals surface area (Å²) in [6.07, 6.45) is 14.8. The zero-order chi connectivity index (χ0) is 19.2. The highest BCUT2D eigenvalue weighted by Gasteiger charge is 2.31. The molecular formula is C22H31ClO4. The molecule has 1 aliphatic heterocycles. The number of hydrogen-bond donors (Lipinski definition) is 2. The average Bonchev–Trinajstić information content (AvgIpc) is 2.85. The lowest BCUT2D eigenvalue weighted by atomic mass is 9.89. The lowest BCUT2D eigenvalue weighted by Crippen LogP contribution is -2.38. The number of aliphatic hydroxyl groups excluding tert-OH is 2. The van der Waals surface area contributed by atoms with E-state index < -0.39 is 6.10 Å². The summed E-state index contributed by atoms with van der Waals surface area (Å²) in [7, 11) is 0. The molecular weight excluding hydrogens is 364 g/mol. The highest BCUT2D eigenvalue weighted by atomic mass is 35.5.